The monoisotopic (exact) mass is 661 g/mol. The van der Waals surface area contributed by atoms with Gasteiger partial charge in [0.25, 0.3) is 15.3 Å². The van der Waals surface area contributed by atoms with Crippen molar-refractivity contribution < 1.29 is 63.0 Å². The molecule has 0 aliphatic carbocycles. The predicted molar refractivity (Wildman–Crippen MR) is 139 cm³/mol. The molecule has 6 aliphatic heterocycles. The molecule has 6 rings (SSSR count). The predicted octanol–water partition coefficient (Wildman–Crippen LogP) is -0.137. The number of carbonyl (C=O) groups is 1. The third-order valence-electron chi connectivity index (χ3n) is 7.17. The molecule has 22 heteroatoms. The molecule has 19 nitrogen and oxygen atoms in total. The Morgan fingerprint density at radius 3 is 1.21 bits per heavy atom. The van der Waals surface area contributed by atoms with Crippen LogP contribution in [-0.4, -0.2) is 131 Å². The van der Waals surface area contributed by atoms with E-state index in [0.29, 0.717) is 19.8 Å². The van der Waals surface area contributed by atoms with Crippen molar-refractivity contribution in [2.24, 2.45) is 0 Å². The Bertz CT molecular complexity index is 953. The minimum absolute atomic E-state index is 0.00312. The smallest absolute Gasteiger partial charge is 0.294 e. The fourth-order valence-corrected chi connectivity index (χ4v) is 9.54. The standard InChI is InChI=1S/C12H16N2O10S2.C8H11NO6S/c15-13(16)23-5-1-19-11-7(3-21-9(5)11)25-26-8-4-22-10-6(24-14(17)18)2-20-12(8)10;1-4(10)16-6-3-14-7-5(15-9(11)12)2-13-8(6)7/h5-12H,1-4H2;5-8H,2-3H2,1H3/t5-,6-,7+,8+,9-,10-,11-,12-;5-,6+,7-,8-/m11/s1. The van der Waals surface area contributed by atoms with E-state index in [2.05, 4.69) is 14.5 Å². The lowest BCUT2D eigenvalue weighted by atomic mass is 10.1. The molecule has 0 spiro atoms. The van der Waals surface area contributed by atoms with Crippen molar-refractivity contribution in [1.29, 1.82) is 0 Å². The molecule has 0 amide bonds. The van der Waals surface area contributed by atoms with Gasteiger partial charge < -0.3 is 42.9 Å². The summed E-state index contributed by atoms with van der Waals surface area (Å²) < 4.78 is 33.2. The Labute approximate surface area is 248 Å². The summed E-state index contributed by atoms with van der Waals surface area (Å²) >= 11 is 1.15. The molecule has 0 unspecified atom stereocenters. The van der Waals surface area contributed by atoms with Crippen LogP contribution in [0.2, 0.25) is 0 Å². The van der Waals surface area contributed by atoms with Gasteiger partial charge in [0.15, 0.2) is 23.4 Å². The molecular formula is C20H27N3O16S3. The van der Waals surface area contributed by atoms with Crippen LogP contribution in [0.3, 0.4) is 0 Å². The fourth-order valence-electron chi connectivity index (χ4n) is 5.51. The second-order valence-corrected chi connectivity index (χ2v) is 14.0. The van der Waals surface area contributed by atoms with Crippen molar-refractivity contribution in [3.05, 3.63) is 30.3 Å². The van der Waals surface area contributed by atoms with Gasteiger partial charge in [-0.3, -0.25) is 4.79 Å². The van der Waals surface area contributed by atoms with Gasteiger partial charge in [0, 0.05) is 6.92 Å². The van der Waals surface area contributed by atoms with Crippen LogP contribution in [0.25, 0.3) is 0 Å². The Hall–Kier alpha value is -1.92. The maximum absolute atomic E-state index is 11.0. The highest BCUT2D eigenvalue weighted by molar-refractivity contribution is 8.77. The van der Waals surface area contributed by atoms with Crippen molar-refractivity contribution in [3.63, 3.8) is 0 Å². The lowest BCUT2D eigenvalue weighted by Crippen LogP contribution is -2.34. The summed E-state index contributed by atoms with van der Waals surface area (Å²) in [6, 6.07) is 0. The zero-order valence-electron chi connectivity index (χ0n) is 21.8. The number of hydrogen-bond donors (Lipinski definition) is 0. The van der Waals surface area contributed by atoms with Gasteiger partial charge in [0.05, 0.1) is 55.4 Å². The van der Waals surface area contributed by atoms with Crippen LogP contribution in [0.4, 0.5) is 0 Å². The molecule has 42 heavy (non-hydrogen) atoms. The first-order chi connectivity index (χ1) is 20.1. The van der Waals surface area contributed by atoms with E-state index in [1.54, 1.807) is 21.6 Å². The van der Waals surface area contributed by atoms with E-state index < -0.39 is 51.9 Å². The van der Waals surface area contributed by atoms with Gasteiger partial charge in [-0.25, -0.2) is 0 Å². The van der Waals surface area contributed by atoms with Crippen molar-refractivity contribution in [1.82, 2.24) is 0 Å². The number of hydrogen-bond acceptors (Lipinski definition) is 19. The second-order valence-electron chi connectivity index (χ2n) is 9.81. The summed E-state index contributed by atoms with van der Waals surface area (Å²) in [6.45, 7) is 3.01. The van der Waals surface area contributed by atoms with Crippen molar-refractivity contribution in [2.75, 3.05) is 39.6 Å². The Balaban J connectivity index is 0.000000189. The Morgan fingerprint density at radius 1 is 0.571 bits per heavy atom. The molecule has 6 saturated heterocycles. The van der Waals surface area contributed by atoms with E-state index in [1.807, 2.05) is 0 Å². The van der Waals surface area contributed by atoms with Crippen molar-refractivity contribution >= 4 is 38.5 Å². The number of rotatable bonds is 10. The Kier molecular flexibility index (Phi) is 10.4. The highest BCUT2D eigenvalue weighted by Crippen LogP contribution is 2.45. The molecule has 0 bridgehead atoms. The van der Waals surface area contributed by atoms with Crippen LogP contribution in [0, 0.1) is 30.3 Å². The molecule has 236 valence electrons. The number of ether oxygens (including phenoxy) is 6. The number of fused-ring (bicyclic) bond motifs is 3. The second kappa shape index (κ2) is 13.8. The third-order valence-corrected chi connectivity index (χ3v) is 11.4. The van der Waals surface area contributed by atoms with Gasteiger partial charge in [0.2, 0.25) is 0 Å². The molecule has 6 heterocycles. The third kappa shape index (κ3) is 7.23. The van der Waals surface area contributed by atoms with Crippen LogP contribution in [0.15, 0.2) is 0 Å². The highest BCUT2D eigenvalue weighted by atomic mass is 33.1. The quantitative estimate of drug-likeness (QED) is 0.168. The van der Waals surface area contributed by atoms with E-state index in [9.17, 15) is 35.1 Å². The van der Waals surface area contributed by atoms with Gasteiger partial charge in [-0.05, 0) is 0 Å². The molecule has 0 aromatic carbocycles. The van der Waals surface area contributed by atoms with Crippen LogP contribution in [0.5, 0.6) is 0 Å². The van der Waals surface area contributed by atoms with E-state index in [0.717, 1.165) is 11.8 Å². The van der Waals surface area contributed by atoms with E-state index in [-0.39, 0.29) is 59.0 Å². The zero-order chi connectivity index (χ0) is 30.0. The largest absolute Gasteiger partial charge is 0.372 e. The summed E-state index contributed by atoms with van der Waals surface area (Å²) in [5, 5.41) is 28.6. The van der Waals surface area contributed by atoms with Crippen LogP contribution in [-0.2, 0) is 47.7 Å². The maximum atomic E-state index is 11.0. The van der Waals surface area contributed by atoms with Crippen molar-refractivity contribution in [3.8, 4) is 0 Å². The molecule has 0 N–H and O–H groups in total. The topological polar surface area (TPSA) is 230 Å². The number of nitrogens with zero attached hydrogens (tertiary/aromatic N) is 3. The summed E-state index contributed by atoms with van der Waals surface area (Å²) in [5.41, 5.74) is 0. The minimum Gasteiger partial charge on any atom is -0.372 e. The molecular weight excluding hydrogens is 634 g/mol. The van der Waals surface area contributed by atoms with Crippen molar-refractivity contribution in [2.45, 2.75) is 77.6 Å². The first-order valence-corrected chi connectivity index (χ1v) is 15.9. The first kappa shape index (κ1) is 31.5. The summed E-state index contributed by atoms with van der Waals surface area (Å²) in [4.78, 5) is 55.8. The fraction of sp³-hybridized carbons (Fsp3) is 0.950. The van der Waals surface area contributed by atoms with Gasteiger partial charge in [-0.1, -0.05) is 33.3 Å². The van der Waals surface area contributed by atoms with Crippen LogP contribution < -0.4 is 0 Å². The van der Waals surface area contributed by atoms with Crippen LogP contribution >= 0.6 is 33.3 Å². The molecule has 6 aliphatic rings. The molecule has 12 atom stereocenters. The van der Waals surface area contributed by atoms with E-state index in [1.165, 1.54) is 6.92 Å². The van der Waals surface area contributed by atoms with Gasteiger partial charge >= 0.3 is 0 Å². The average molecular weight is 662 g/mol. The summed E-state index contributed by atoms with van der Waals surface area (Å²) in [5.74, 6) is 0. The minimum atomic E-state index is -0.842. The van der Waals surface area contributed by atoms with Gasteiger partial charge in [-0.15, -0.1) is 30.3 Å². The zero-order valence-corrected chi connectivity index (χ0v) is 24.2. The van der Waals surface area contributed by atoms with E-state index in [4.69, 9.17) is 28.4 Å². The summed E-state index contributed by atoms with van der Waals surface area (Å²) in [6.07, 6.45) is -4.28. The Morgan fingerprint density at radius 2 is 0.881 bits per heavy atom. The summed E-state index contributed by atoms with van der Waals surface area (Å²) in [7, 11) is 3.10. The molecule has 0 aromatic rings. The lowest BCUT2D eigenvalue weighted by molar-refractivity contribution is -0.769. The van der Waals surface area contributed by atoms with Gasteiger partial charge in [0.1, 0.15) is 36.6 Å². The molecule has 0 saturated carbocycles. The molecule has 6 fully saturated rings. The SMILES string of the molecule is CC(=O)S[C@H]1CO[C@H]2[C@@H]1OC[C@H]2O[N+](=O)[O-].O=[N+]([O-])O[C@@H]1CO[C@H]2[C@@H]1OC[C@@H]2SS[C@H]1CO[C@H]2[C@@H]1OC[C@H]2O[N+](=O)[O-]. The van der Waals surface area contributed by atoms with Gasteiger partial charge in [-0.2, -0.15) is 0 Å². The highest BCUT2D eigenvalue weighted by Gasteiger charge is 2.53. The number of carbonyl (C=O) groups excluding carboxylic acids is 1. The number of thioether (sulfide) groups is 1. The normalized spacial score (nSPS) is 41.3. The average Bonchev–Trinajstić information content (AvgIpc) is 3.72. The van der Waals surface area contributed by atoms with E-state index >= 15 is 0 Å². The molecule has 0 aromatic heterocycles. The maximum Gasteiger partial charge on any atom is 0.294 e. The molecule has 0 radical (unpaired) electrons. The first-order valence-electron chi connectivity index (χ1n) is 12.7. The lowest BCUT2D eigenvalue weighted by Gasteiger charge is -2.19. The van der Waals surface area contributed by atoms with Crippen LogP contribution in [0.1, 0.15) is 6.92 Å².